The average molecular weight is 544 g/mol. The van der Waals surface area contributed by atoms with Gasteiger partial charge in [0.1, 0.15) is 18.1 Å². The summed E-state index contributed by atoms with van der Waals surface area (Å²) < 4.78 is 35.3. The van der Waals surface area contributed by atoms with E-state index in [2.05, 4.69) is 4.90 Å². The number of likely N-dealkylation sites (tertiary alicyclic amines) is 1. The fourth-order valence-electron chi connectivity index (χ4n) is 5.12. The number of sulfone groups is 1. The van der Waals surface area contributed by atoms with E-state index < -0.39 is 9.84 Å². The number of piperidine rings is 1. The van der Waals surface area contributed by atoms with Crippen molar-refractivity contribution in [1.82, 2.24) is 4.90 Å². The van der Waals surface area contributed by atoms with Gasteiger partial charge in [0.2, 0.25) is 0 Å². The first-order valence-corrected chi connectivity index (χ1v) is 15.1. The van der Waals surface area contributed by atoms with Crippen LogP contribution in [0.25, 0.3) is 21.9 Å². The third-order valence-electron chi connectivity index (χ3n) is 7.29. The van der Waals surface area contributed by atoms with E-state index >= 15 is 0 Å². The largest absolute Gasteiger partial charge is 0.497 e. The number of hydrogen-bond donors (Lipinski definition) is 0. The zero-order chi connectivity index (χ0) is 27.4. The molecule has 1 fully saturated rings. The first-order chi connectivity index (χ1) is 18.8. The van der Waals surface area contributed by atoms with Crippen molar-refractivity contribution in [3.05, 3.63) is 90.0 Å². The van der Waals surface area contributed by atoms with Crippen LogP contribution >= 0.6 is 0 Å². The first kappa shape index (κ1) is 26.9. The lowest BCUT2D eigenvalue weighted by Gasteiger charge is -2.26. The van der Waals surface area contributed by atoms with Crippen molar-refractivity contribution in [2.75, 3.05) is 39.6 Å². The molecule has 202 valence electrons. The lowest BCUT2D eigenvalue weighted by molar-refractivity contribution is 0.104. The Morgan fingerprint density at radius 3 is 2.21 bits per heavy atom. The molecule has 0 radical (unpaired) electrons. The number of hydrogen-bond acceptors (Lipinski definition) is 6. The number of fused-ring (bicyclic) bond motifs is 1. The molecule has 0 atom stereocenters. The topological polar surface area (TPSA) is 72.9 Å². The number of carbonyl (C=O) groups excluding carboxylic acids is 1. The Labute approximate surface area is 230 Å². The van der Waals surface area contributed by atoms with Crippen molar-refractivity contribution in [2.45, 2.75) is 24.2 Å². The molecule has 39 heavy (non-hydrogen) atoms. The Balaban J connectivity index is 1.45. The van der Waals surface area contributed by atoms with Crippen molar-refractivity contribution < 1.29 is 22.7 Å². The first-order valence-electron chi connectivity index (χ1n) is 13.2. The molecule has 7 heteroatoms. The third kappa shape index (κ3) is 6.15. The van der Waals surface area contributed by atoms with E-state index in [4.69, 9.17) is 9.47 Å². The van der Waals surface area contributed by atoms with Crippen LogP contribution in [0.4, 0.5) is 0 Å². The monoisotopic (exact) mass is 543 g/mol. The van der Waals surface area contributed by atoms with Gasteiger partial charge in [-0.2, -0.15) is 0 Å². The quantitative estimate of drug-likeness (QED) is 0.241. The summed E-state index contributed by atoms with van der Waals surface area (Å²) >= 11 is 0. The zero-order valence-electron chi connectivity index (χ0n) is 22.4. The Kier molecular flexibility index (Phi) is 8.00. The molecule has 1 heterocycles. The van der Waals surface area contributed by atoms with Crippen molar-refractivity contribution >= 4 is 26.4 Å². The van der Waals surface area contributed by atoms with Crippen LogP contribution in [0.3, 0.4) is 0 Å². The number of ketones is 1. The number of ether oxygens (including phenoxy) is 2. The van der Waals surface area contributed by atoms with Crippen LogP contribution in [0.1, 0.15) is 35.2 Å². The summed E-state index contributed by atoms with van der Waals surface area (Å²) in [7, 11) is -1.71. The Hall–Kier alpha value is -3.68. The van der Waals surface area contributed by atoms with Gasteiger partial charge >= 0.3 is 0 Å². The van der Waals surface area contributed by atoms with Crippen molar-refractivity contribution in [3.8, 4) is 22.6 Å². The fraction of sp³-hybridized carbons (Fsp3) is 0.281. The number of nitrogens with zero attached hydrogens (tertiary/aromatic N) is 1. The minimum Gasteiger partial charge on any atom is -0.497 e. The summed E-state index contributed by atoms with van der Waals surface area (Å²) in [6.45, 7) is 3.79. The van der Waals surface area contributed by atoms with Gasteiger partial charge in [-0.3, -0.25) is 9.69 Å². The van der Waals surface area contributed by atoms with Gasteiger partial charge in [0.25, 0.3) is 0 Å². The lowest BCUT2D eigenvalue weighted by atomic mass is 9.89. The van der Waals surface area contributed by atoms with Crippen LogP contribution in [-0.4, -0.2) is 58.7 Å². The highest BCUT2D eigenvalue weighted by atomic mass is 32.2. The van der Waals surface area contributed by atoms with Crippen molar-refractivity contribution in [1.29, 1.82) is 0 Å². The van der Waals surface area contributed by atoms with E-state index in [1.165, 1.54) is 25.5 Å². The van der Waals surface area contributed by atoms with Gasteiger partial charge in [-0.15, -0.1) is 0 Å². The molecule has 0 spiro atoms. The smallest absolute Gasteiger partial charge is 0.194 e. The fourth-order valence-corrected chi connectivity index (χ4v) is 5.75. The van der Waals surface area contributed by atoms with E-state index in [-0.39, 0.29) is 10.7 Å². The molecule has 5 rings (SSSR count). The molecule has 4 aromatic carbocycles. The maximum absolute atomic E-state index is 14.0. The molecule has 0 N–H and O–H groups in total. The van der Waals surface area contributed by atoms with E-state index in [1.807, 2.05) is 42.5 Å². The maximum Gasteiger partial charge on any atom is 0.194 e. The summed E-state index contributed by atoms with van der Waals surface area (Å²) in [5.74, 6) is 1.33. The highest BCUT2D eigenvalue weighted by molar-refractivity contribution is 7.90. The van der Waals surface area contributed by atoms with Crippen LogP contribution in [0.5, 0.6) is 11.5 Å². The van der Waals surface area contributed by atoms with Crippen LogP contribution in [0, 0.1) is 0 Å². The normalized spacial score (nSPS) is 14.3. The van der Waals surface area contributed by atoms with Crippen molar-refractivity contribution in [3.63, 3.8) is 0 Å². The molecule has 6 nitrogen and oxygen atoms in total. The molecular weight excluding hydrogens is 510 g/mol. The number of rotatable bonds is 9. The maximum atomic E-state index is 14.0. The van der Waals surface area contributed by atoms with Gasteiger partial charge in [0.05, 0.1) is 12.0 Å². The highest BCUT2D eigenvalue weighted by Crippen LogP contribution is 2.34. The van der Waals surface area contributed by atoms with Gasteiger partial charge in [-0.25, -0.2) is 8.42 Å². The molecule has 0 unspecified atom stereocenters. The summed E-state index contributed by atoms with van der Waals surface area (Å²) in [5, 5.41) is 1.68. The van der Waals surface area contributed by atoms with Gasteiger partial charge < -0.3 is 9.47 Å². The summed E-state index contributed by atoms with van der Waals surface area (Å²) in [6, 6.07) is 23.4. The number of benzene rings is 4. The van der Waals surface area contributed by atoms with E-state index in [0.29, 0.717) is 23.5 Å². The van der Waals surface area contributed by atoms with Crippen molar-refractivity contribution in [2.24, 2.45) is 0 Å². The van der Waals surface area contributed by atoms with Crippen LogP contribution in [0.2, 0.25) is 0 Å². The van der Waals surface area contributed by atoms with E-state index in [9.17, 15) is 13.2 Å². The number of methoxy groups -OCH3 is 1. The summed E-state index contributed by atoms with van der Waals surface area (Å²) in [6.07, 6.45) is 5.00. The predicted molar refractivity (Wildman–Crippen MR) is 155 cm³/mol. The molecule has 0 aromatic heterocycles. The Morgan fingerprint density at radius 1 is 0.846 bits per heavy atom. The van der Waals surface area contributed by atoms with Crippen LogP contribution < -0.4 is 9.47 Å². The standard InChI is InChI=1S/C32H33NO5S/c1-37-27-13-17-30-25(22-27)10-16-29(23-8-14-28(15-9-23)39(2,35)36)31(30)32(34)24-6-11-26(12-7-24)38-21-20-33-18-4-3-5-19-33/h6-17,22H,3-5,18-21H2,1-2H3. The average Bonchev–Trinajstić information content (AvgIpc) is 2.96. The minimum absolute atomic E-state index is 0.118. The lowest BCUT2D eigenvalue weighted by Crippen LogP contribution is -2.33. The van der Waals surface area contributed by atoms with Gasteiger partial charge in [0, 0.05) is 23.9 Å². The van der Waals surface area contributed by atoms with Gasteiger partial charge in [-0.1, -0.05) is 30.7 Å². The second-order valence-corrected chi connectivity index (χ2v) is 12.0. The Bertz CT molecular complexity index is 1570. The van der Waals surface area contributed by atoms with E-state index in [0.717, 1.165) is 47.3 Å². The Morgan fingerprint density at radius 2 is 1.54 bits per heavy atom. The molecule has 0 amide bonds. The second kappa shape index (κ2) is 11.6. The van der Waals surface area contributed by atoms with Gasteiger partial charge in [-0.05, 0) is 102 Å². The molecular formula is C32H33NO5S. The minimum atomic E-state index is -3.33. The SMILES string of the molecule is COc1ccc2c(C(=O)c3ccc(OCCN4CCCCC4)cc3)c(-c3ccc(S(C)(=O)=O)cc3)ccc2c1. The molecule has 0 aliphatic carbocycles. The molecule has 1 aliphatic heterocycles. The molecule has 1 saturated heterocycles. The molecule has 0 bridgehead atoms. The van der Waals surface area contributed by atoms with Gasteiger partial charge in [0.15, 0.2) is 15.6 Å². The van der Waals surface area contributed by atoms with Crippen LogP contribution in [0.15, 0.2) is 83.8 Å². The second-order valence-electron chi connectivity index (χ2n) is 9.98. The molecule has 4 aromatic rings. The molecule has 1 aliphatic rings. The zero-order valence-corrected chi connectivity index (χ0v) is 23.2. The predicted octanol–water partition coefficient (Wildman–Crippen LogP) is 6.01. The number of carbonyl (C=O) groups is 1. The summed E-state index contributed by atoms with van der Waals surface area (Å²) in [5.41, 5.74) is 2.61. The van der Waals surface area contributed by atoms with Crippen LogP contribution in [-0.2, 0) is 9.84 Å². The third-order valence-corrected chi connectivity index (χ3v) is 8.42. The highest BCUT2D eigenvalue weighted by Gasteiger charge is 2.20. The van der Waals surface area contributed by atoms with E-state index in [1.54, 1.807) is 43.5 Å². The molecule has 0 saturated carbocycles. The summed E-state index contributed by atoms with van der Waals surface area (Å²) in [4.78, 5) is 16.7.